The third-order valence-corrected chi connectivity index (χ3v) is 6.37. The standard InChI is InChI=1S/C25H30FN3O7/c26-18-6-4-17(5-7-18)20-15-23(29(32)33)21(27-25(30)31)16-22(20)28-10-8-19(9-11-28)34-13-14-36-24-3-1-2-12-35-24/h4-7,15-16,19,24,27H,1-3,8-14H2,(H,30,31). The van der Waals surface area contributed by atoms with Gasteiger partial charge in [-0.05, 0) is 55.9 Å². The molecule has 2 fully saturated rings. The smallest absolute Gasteiger partial charge is 0.409 e. The lowest BCUT2D eigenvalue weighted by molar-refractivity contribution is -0.383. The number of ether oxygens (including phenoxy) is 3. The molecule has 4 rings (SSSR count). The van der Waals surface area contributed by atoms with Gasteiger partial charge in [-0.1, -0.05) is 12.1 Å². The van der Waals surface area contributed by atoms with Crippen molar-refractivity contribution < 1.29 is 33.4 Å². The molecule has 0 bridgehead atoms. The summed E-state index contributed by atoms with van der Waals surface area (Å²) in [6.07, 6.45) is 3.03. The van der Waals surface area contributed by atoms with Crippen LogP contribution in [0.3, 0.4) is 0 Å². The van der Waals surface area contributed by atoms with Crippen molar-refractivity contribution in [1.29, 1.82) is 0 Å². The average Bonchev–Trinajstić information content (AvgIpc) is 2.87. The molecule has 2 aromatic carbocycles. The Balaban J connectivity index is 1.45. The molecule has 1 unspecified atom stereocenters. The van der Waals surface area contributed by atoms with Gasteiger partial charge < -0.3 is 24.2 Å². The van der Waals surface area contributed by atoms with Crippen LogP contribution in [0.25, 0.3) is 11.1 Å². The van der Waals surface area contributed by atoms with E-state index in [-0.39, 0.29) is 23.8 Å². The summed E-state index contributed by atoms with van der Waals surface area (Å²) in [7, 11) is 0. The van der Waals surface area contributed by atoms with E-state index in [2.05, 4.69) is 5.32 Å². The van der Waals surface area contributed by atoms with Gasteiger partial charge in [0.1, 0.15) is 11.5 Å². The molecule has 10 nitrogen and oxygen atoms in total. The number of anilines is 2. The third-order valence-electron chi connectivity index (χ3n) is 6.37. The predicted molar refractivity (Wildman–Crippen MR) is 131 cm³/mol. The molecule has 2 heterocycles. The largest absolute Gasteiger partial charge is 0.465 e. The van der Waals surface area contributed by atoms with E-state index < -0.39 is 16.8 Å². The quantitative estimate of drug-likeness (QED) is 0.278. The highest BCUT2D eigenvalue weighted by Crippen LogP contribution is 2.40. The molecular formula is C25H30FN3O7. The van der Waals surface area contributed by atoms with E-state index in [1.54, 1.807) is 12.1 Å². The summed E-state index contributed by atoms with van der Waals surface area (Å²) in [5.41, 5.74) is 1.26. The first-order chi connectivity index (χ1) is 17.4. The van der Waals surface area contributed by atoms with E-state index in [1.807, 2.05) is 4.90 Å². The Kier molecular flexibility index (Phi) is 8.68. The van der Waals surface area contributed by atoms with Crippen LogP contribution in [0.4, 0.5) is 26.2 Å². The maximum atomic E-state index is 13.5. The van der Waals surface area contributed by atoms with Crippen molar-refractivity contribution in [2.45, 2.75) is 44.5 Å². The number of benzene rings is 2. The maximum absolute atomic E-state index is 13.5. The minimum Gasteiger partial charge on any atom is -0.465 e. The van der Waals surface area contributed by atoms with Gasteiger partial charge in [-0.3, -0.25) is 15.4 Å². The van der Waals surface area contributed by atoms with Crippen molar-refractivity contribution in [3.05, 3.63) is 52.3 Å². The van der Waals surface area contributed by atoms with Crippen LogP contribution in [0.15, 0.2) is 36.4 Å². The second-order valence-electron chi connectivity index (χ2n) is 8.80. The summed E-state index contributed by atoms with van der Waals surface area (Å²) < 4.78 is 30.8. The lowest BCUT2D eigenvalue weighted by atomic mass is 9.98. The number of carbonyl (C=O) groups is 1. The average molecular weight is 504 g/mol. The fraction of sp³-hybridized carbons (Fsp3) is 0.480. The van der Waals surface area contributed by atoms with Crippen LogP contribution in [-0.4, -0.2) is 61.4 Å². The number of nitrogens with one attached hydrogen (secondary N) is 1. The van der Waals surface area contributed by atoms with Crippen molar-refractivity contribution in [1.82, 2.24) is 0 Å². The summed E-state index contributed by atoms with van der Waals surface area (Å²) >= 11 is 0. The van der Waals surface area contributed by atoms with Gasteiger partial charge in [0.2, 0.25) is 0 Å². The molecule has 36 heavy (non-hydrogen) atoms. The van der Waals surface area contributed by atoms with Crippen LogP contribution in [0.1, 0.15) is 32.1 Å². The van der Waals surface area contributed by atoms with Gasteiger partial charge in [-0.25, -0.2) is 9.18 Å². The zero-order valence-electron chi connectivity index (χ0n) is 19.9. The second kappa shape index (κ2) is 12.1. The van der Waals surface area contributed by atoms with E-state index in [9.17, 15) is 24.4 Å². The molecule has 11 heteroatoms. The van der Waals surface area contributed by atoms with Gasteiger partial charge >= 0.3 is 6.09 Å². The number of piperidine rings is 1. The first-order valence-electron chi connectivity index (χ1n) is 12.1. The van der Waals surface area contributed by atoms with Crippen molar-refractivity contribution in [3.63, 3.8) is 0 Å². The molecule has 2 N–H and O–H groups in total. The summed E-state index contributed by atoms with van der Waals surface area (Å²) in [6.45, 7) is 2.88. The zero-order chi connectivity index (χ0) is 25.5. The predicted octanol–water partition coefficient (Wildman–Crippen LogP) is 5.02. The van der Waals surface area contributed by atoms with Crippen molar-refractivity contribution in [2.24, 2.45) is 0 Å². The number of nitro benzene ring substituents is 1. The molecule has 2 aromatic rings. The van der Waals surface area contributed by atoms with Crippen LogP contribution in [0.5, 0.6) is 0 Å². The fourth-order valence-corrected chi connectivity index (χ4v) is 4.57. The lowest BCUT2D eigenvalue weighted by Crippen LogP contribution is -2.38. The maximum Gasteiger partial charge on any atom is 0.409 e. The lowest BCUT2D eigenvalue weighted by Gasteiger charge is -2.35. The Morgan fingerprint density at radius 2 is 1.86 bits per heavy atom. The minimum atomic E-state index is -1.40. The number of nitrogens with zero attached hydrogens (tertiary/aromatic N) is 2. The molecule has 2 saturated heterocycles. The topological polar surface area (TPSA) is 123 Å². The molecule has 1 atom stereocenters. The number of rotatable bonds is 9. The molecule has 0 saturated carbocycles. The van der Waals surface area contributed by atoms with Crippen LogP contribution in [0.2, 0.25) is 0 Å². The zero-order valence-corrected chi connectivity index (χ0v) is 19.9. The first-order valence-corrected chi connectivity index (χ1v) is 12.1. The van der Waals surface area contributed by atoms with Crippen molar-refractivity contribution in [2.75, 3.05) is 43.1 Å². The number of amides is 1. The number of hydrogen-bond acceptors (Lipinski definition) is 7. The van der Waals surface area contributed by atoms with Gasteiger partial charge in [0.05, 0.1) is 24.2 Å². The Hall–Kier alpha value is -3.28. The highest BCUT2D eigenvalue weighted by molar-refractivity contribution is 5.92. The highest BCUT2D eigenvalue weighted by atomic mass is 19.1. The van der Waals surface area contributed by atoms with Crippen LogP contribution in [0, 0.1) is 15.9 Å². The molecule has 194 valence electrons. The van der Waals surface area contributed by atoms with Crippen molar-refractivity contribution in [3.8, 4) is 11.1 Å². The third kappa shape index (κ3) is 6.68. The molecule has 2 aliphatic rings. The molecule has 0 aromatic heterocycles. The monoisotopic (exact) mass is 503 g/mol. The molecule has 1 amide bonds. The summed E-state index contributed by atoms with van der Waals surface area (Å²) in [5.74, 6) is -0.420. The van der Waals surface area contributed by atoms with Gasteiger partial charge in [0.15, 0.2) is 6.29 Å². The Labute approximate surface area is 208 Å². The normalized spacial score (nSPS) is 18.7. The number of hydrogen-bond donors (Lipinski definition) is 2. The first kappa shape index (κ1) is 25.8. The molecule has 0 radical (unpaired) electrons. The van der Waals surface area contributed by atoms with Crippen molar-refractivity contribution >= 4 is 23.2 Å². The summed E-state index contributed by atoms with van der Waals surface area (Å²) in [6, 6.07) is 8.48. The highest BCUT2D eigenvalue weighted by Gasteiger charge is 2.26. The van der Waals surface area contributed by atoms with Gasteiger partial charge in [0, 0.05) is 37.0 Å². The minimum absolute atomic E-state index is 0.0426. The van der Waals surface area contributed by atoms with Crippen LogP contribution in [-0.2, 0) is 14.2 Å². The second-order valence-corrected chi connectivity index (χ2v) is 8.80. The fourth-order valence-electron chi connectivity index (χ4n) is 4.57. The molecular weight excluding hydrogens is 473 g/mol. The number of carboxylic acid groups (broad SMARTS) is 1. The molecule has 0 aliphatic carbocycles. The molecule has 0 spiro atoms. The number of halogens is 1. The Bertz CT molecular complexity index is 1050. The van der Waals surface area contributed by atoms with E-state index in [0.29, 0.717) is 43.1 Å². The Morgan fingerprint density at radius 1 is 1.14 bits per heavy atom. The van der Waals surface area contributed by atoms with E-state index in [1.165, 1.54) is 24.3 Å². The van der Waals surface area contributed by atoms with Crippen LogP contribution >= 0.6 is 0 Å². The van der Waals surface area contributed by atoms with Crippen LogP contribution < -0.4 is 10.2 Å². The van der Waals surface area contributed by atoms with Gasteiger partial charge in [0.25, 0.3) is 5.69 Å². The SMILES string of the molecule is O=C(O)Nc1cc(N2CCC(OCCOC3CCCCO3)CC2)c(-c2ccc(F)cc2)cc1[N+](=O)[O-]. The number of nitro groups is 1. The van der Waals surface area contributed by atoms with Gasteiger partial charge in [-0.15, -0.1) is 0 Å². The Morgan fingerprint density at radius 3 is 2.50 bits per heavy atom. The summed E-state index contributed by atoms with van der Waals surface area (Å²) in [5, 5.41) is 23.0. The summed E-state index contributed by atoms with van der Waals surface area (Å²) in [4.78, 5) is 24.3. The van der Waals surface area contributed by atoms with E-state index in [4.69, 9.17) is 14.2 Å². The molecule has 2 aliphatic heterocycles. The van der Waals surface area contributed by atoms with Gasteiger partial charge in [-0.2, -0.15) is 0 Å². The van der Waals surface area contributed by atoms with E-state index in [0.717, 1.165) is 38.7 Å². The van der Waals surface area contributed by atoms with E-state index >= 15 is 0 Å².